The molecule has 0 fully saturated rings. The van der Waals surface area contributed by atoms with Gasteiger partial charge in [0.25, 0.3) is 0 Å². The number of aromatic nitrogens is 3. The van der Waals surface area contributed by atoms with E-state index < -0.39 is 0 Å². The Labute approximate surface area is 110 Å². The summed E-state index contributed by atoms with van der Waals surface area (Å²) in [7, 11) is 1.59. The summed E-state index contributed by atoms with van der Waals surface area (Å²) in [6, 6.07) is 7.67. The molecule has 2 N–H and O–H groups in total. The molecule has 0 aliphatic rings. The second kappa shape index (κ2) is 4.28. The van der Waals surface area contributed by atoms with Gasteiger partial charge in [-0.3, -0.25) is 4.40 Å². The van der Waals surface area contributed by atoms with Gasteiger partial charge in [0.2, 0.25) is 5.88 Å². The minimum atomic E-state index is 0.572. The number of methoxy groups -OCH3 is 1. The van der Waals surface area contributed by atoms with Crippen LogP contribution in [0.3, 0.4) is 0 Å². The average Bonchev–Trinajstić information content (AvgIpc) is 2.78. The number of imidazole rings is 1. The summed E-state index contributed by atoms with van der Waals surface area (Å²) in [5.74, 6) is 1.19. The van der Waals surface area contributed by atoms with Crippen LogP contribution >= 0.6 is 0 Å². The average molecular weight is 254 g/mol. The number of ether oxygens (including phenoxy) is 1. The summed E-state index contributed by atoms with van der Waals surface area (Å²) in [6.07, 6.45) is 3.62. The second-order valence-corrected chi connectivity index (χ2v) is 4.32. The predicted molar refractivity (Wildman–Crippen MR) is 74.1 cm³/mol. The Morgan fingerprint density at radius 3 is 2.74 bits per heavy atom. The summed E-state index contributed by atoms with van der Waals surface area (Å²) in [5, 5.41) is 0. The number of hydrogen-bond donors (Lipinski definition) is 1. The monoisotopic (exact) mass is 254 g/mol. The summed E-state index contributed by atoms with van der Waals surface area (Å²) < 4.78 is 6.93. The van der Waals surface area contributed by atoms with E-state index in [0.717, 1.165) is 22.5 Å². The molecule has 5 heteroatoms. The van der Waals surface area contributed by atoms with Gasteiger partial charge in [-0.2, -0.15) is 0 Å². The Morgan fingerprint density at radius 1 is 1.26 bits per heavy atom. The van der Waals surface area contributed by atoms with Gasteiger partial charge in [0, 0.05) is 24.0 Å². The van der Waals surface area contributed by atoms with Crippen molar-refractivity contribution in [2.24, 2.45) is 0 Å². The molecule has 19 heavy (non-hydrogen) atoms. The van der Waals surface area contributed by atoms with Crippen molar-refractivity contribution in [3.63, 3.8) is 0 Å². The number of hydrogen-bond acceptors (Lipinski definition) is 4. The zero-order valence-electron chi connectivity index (χ0n) is 10.8. The highest BCUT2D eigenvalue weighted by Crippen LogP contribution is 2.27. The fraction of sp³-hybridized carbons (Fsp3) is 0.143. The van der Waals surface area contributed by atoms with Gasteiger partial charge < -0.3 is 10.5 Å². The van der Waals surface area contributed by atoms with E-state index in [4.69, 9.17) is 10.5 Å². The van der Waals surface area contributed by atoms with Crippen LogP contribution in [0.1, 0.15) is 5.56 Å². The standard InChI is InChI=1S/C14H14N4O/c1-9-4-3-7-18-13(15)12(17-14(9)18)10-5-6-11(19-2)16-8-10/h3-8H,15H2,1-2H3. The Morgan fingerprint density at radius 2 is 2.11 bits per heavy atom. The molecule has 3 aromatic rings. The van der Waals surface area contributed by atoms with Crippen LogP contribution in [0, 0.1) is 6.92 Å². The van der Waals surface area contributed by atoms with Gasteiger partial charge in [-0.05, 0) is 24.6 Å². The fourth-order valence-corrected chi connectivity index (χ4v) is 2.08. The largest absolute Gasteiger partial charge is 0.481 e. The lowest BCUT2D eigenvalue weighted by Gasteiger charge is -2.01. The molecule has 0 bridgehead atoms. The quantitative estimate of drug-likeness (QED) is 0.762. The van der Waals surface area contributed by atoms with Crippen LogP contribution in [0.4, 0.5) is 5.82 Å². The molecule has 0 amide bonds. The number of nitrogens with zero attached hydrogens (tertiary/aromatic N) is 3. The first-order valence-electron chi connectivity index (χ1n) is 5.94. The van der Waals surface area contributed by atoms with E-state index in [9.17, 15) is 0 Å². The molecule has 0 saturated carbocycles. The molecule has 0 atom stereocenters. The van der Waals surface area contributed by atoms with Crippen molar-refractivity contribution in [1.29, 1.82) is 0 Å². The summed E-state index contributed by atoms with van der Waals surface area (Å²) in [5.41, 5.74) is 9.72. The molecule has 96 valence electrons. The van der Waals surface area contributed by atoms with E-state index in [1.54, 1.807) is 19.4 Å². The van der Waals surface area contributed by atoms with Gasteiger partial charge >= 0.3 is 0 Å². The number of anilines is 1. The normalized spacial score (nSPS) is 10.8. The smallest absolute Gasteiger partial charge is 0.212 e. The van der Waals surface area contributed by atoms with Crippen LogP contribution in [-0.4, -0.2) is 21.5 Å². The Balaban J connectivity index is 2.19. The molecule has 3 heterocycles. The highest BCUT2D eigenvalue weighted by Gasteiger charge is 2.12. The Bertz CT molecular complexity index is 731. The minimum Gasteiger partial charge on any atom is -0.481 e. The zero-order chi connectivity index (χ0) is 13.4. The van der Waals surface area contributed by atoms with Crippen molar-refractivity contribution >= 4 is 11.5 Å². The maximum absolute atomic E-state index is 6.15. The minimum absolute atomic E-state index is 0.572. The lowest BCUT2D eigenvalue weighted by Crippen LogP contribution is -1.94. The molecule has 0 aromatic carbocycles. The van der Waals surface area contributed by atoms with Crippen molar-refractivity contribution in [1.82, 2.24) is 14.4 Å². The first-order chi connectivity index (χ1) is 9.20. The predicted octanol–water partition coefficient (Wildman–Crippen LogP) is 2.30. The van der Waals surface area contributed by atoms with Crippen molar-refractivity contribution in [3.8, 4) is 17.1 Å². The third-order valence-electron chi connectivity index (χ3n) is 3.10. The second-order valence-electron chi connectivity index (χ2n) is 4.32. The topological polar surface area (TPSA) is 65.4 Å². The molecule has 0 saturated heterocycles. The van der Waals surface area contributed by atoms with E-state index in [2.05, 4.69) is 9.97 Å². The molecule has 3 aromatic heterocycles. The van der Waals surface area contributed by atoms with E-state index in [1.807, 2.05) is 35.7 Å². The first-order valence-corrected chi connectivity index (χ1v) is 5.94. The lowest BCUT2D eigenvalue weighted by atomic mass is 10.2. The zero-order valence-corrected chi connectivity index (χ0v) is 10.8. The number of rotatable bonds is 2. The molecule has 0 aliphatic carbocycles. The van der Waals surface area contributed by atoms with E-state index >= 15 is 0 Å². The maximum Gasteiger partial charge on any atom is 0.212 e. The summed E-state index contributed by atoms with van der Waals surface area (Å²) >= 11 is 0. The molecule has 0 radical (unpaired) electrons. The number of pyridine rings is 2. The van der Waals surface area contributed by atoms with Gasteiger partial charge in [0.05, 0.1) is 7.11 Å². The van der Waals surface area contributed by atoms with Crippen molar-refractivity contribution in [3.05, 3.63) is 42.2 Å². The van der Waals surface area contributed by atoms with Crippen LogP contribution in [0.5, 0.6) is 5.88 Å². The third-order valence-corrected chi connectivity index (χ3v) is 3.10. The highest BCUT2D eigenvalue weighted by molar-refractivity contribution is 5.75. The molecule has 0 unspecified atom stereocenters. The van der Waals surface area contributed by atoms with E-state index in [-0.39, 0.29) is 0 Å². The summed E-state index contributed by atoms with van der Waals surface area (Å²) in [6.45, 7) is 2.01. The fourth-order valence-electron chi connectivity index (χ4n) is 2.08. The van der Waals surface area contributed by atoms with Gasteiger partial charge in [0.1, 0.15) is 17.2 Å². The number of nitrogen functional groups attached to an aromatic ring is 1. The SMILES string of the molecule is COc1ccc(-c2nc3c(C)cccn3c2N)cn1. The van der Waals surface area contributed by atoms with Crippen molar-refractivity contribution in [2.45, 2.75) is 6.92 Å². The van der Waals surface area contributed by atoms with Crippen molar-refractivity contribution < 1.29 is 4.74 Å². The molecular weight excluding hydrogens is 240 g/mol. The van der Waals surface area contributed by atoms with Crippen LogP contribution in [0.25, 0.3) is 16.9 Å². The van der Waals surface area contributed by atoms with Crippen molar-refractivity contribution in [2.75, 3.05) is 12.8 Å². The molecule has 5 nitrogen and oxygen atoms in total. The maximum atomic E-state index is 6.15. The van der Waals surface area contributed by atoms with Crippen LogP contribution in [-0.2, 0) is 0 Å². The van der Waals surface area contributed by atoms with Gasteiger partial charge in [-0.25, -0.2) is 9.97 Å². The highest BCUT2D eigenvalue weighted by atomic mass is 16.5. The van der Waals surface area contributed by atoms with Gasteiger partial charge in [-0.1, -0.05) is 6.07 Å². The van der Waals surface area contributed by atoms with Crippen LogP contribution < -0.4 is 10.5 Å². The Kier molecular flexibility index (Phi) is 2.59. The molecule has 0 spiro atoms. The van der Waals surface area contributed by atoms with Gasteiger partial charge in [-0.15, -0.1) is 0 Å². The number of nitrogens with two attached hydrogens (primary N) is 1. The third kappa shape index (κ3) is 1.79. The molecular formula is C14H14N4O. The molecule has 3 rings (SSSR count). The lowest BCUT2D eigenvalue weighted by molar-refractivity contribution is 0.398. The van der Waals surface area contributed by atoms with Gasteiger partial charge in [0.15, 0.2) is 0 Å². The van der Waals surface area contributed by atoms with Crippen LogP contribution in [0.15, 0.2) is 36.7 Å². The van der Waals surface area contributed by atoms with Crippen LogP contribution in [0.2, 0.25) is 0 Å². The van der Waals surface area contributed by atoms with E-state index in [0.29, 0.717) is 11.7 Å². The first kappa shape index (κ1) is 11.5. The number of aryl methyl sites for hydroxylation is 1. The summed E-state index contributed by atoms with van der Waals surface area (Å²) in [4.78, 5) is 8.77. The Hall–Kier alpha value is -2.56. The molecule has 0 aliphatic heterocycles. The number of fused-ring (bicyclic) bond motifs is 1. The van der Waals surface area contributed by atoms with E-state index in [1.165, 1.54) is 0 Å².